The van der Waals surface area contributed by atoms with E-state index in [2.05, 4.69) is 46.7 Å². The number of nitrogens with one attached hydrogen (secondary N) is 2. The normalized spacial score (nSPS) is 16.2. The zero-order valence-corrected chi connectivity index (χ0v) is 14.4. The minimum Gasteiger partial charge on any atom is -0.338 e. The van der Waals surface area contributed by atoms with Crippen LogP contribution >= 0.6 is 0 Å². The van der Waals surface area contributed by atoms with Gasteiger partial charge in [0, 0.05) is 13.1 Å². The molecular weight excluding hydrogens is 286 g/mol. The first-order valence-corrected chi connectivity index (χ1v) is 9.02. The molecule has 0 aliphatic carbocycles. The Morgan fingerprint density at radius 2 is 1.74 bits per heavy atom. The van der Waals surface area contributed by atoms with E-state index in [1.165, 1.54) is 31.5 Å². The van der Waals surface area contributed by atoms with Crippen molar-refractivity contribution in [2.24, 2.45) is 5.92 Å². The van der Waals surface area contributed by atoms with Crippen molar-refractivity contribution in [1.82, 2.24) is 15.5 Å². The van der Waals surface area contributed by atoms with Gasteiger partial charge in [-0.3, -0.25) is 0 Å². The lowest BCUT2D eigenvalue weighted by Gasteiger charge is -2.30. The number of hydrogen-bond donors (Lipinski definition) is 2. The smallest absolute Gasteiger partial charge is 0.314 e. The largest absolute Gasteiger partial charge is 0.338 e. The molecule has 1 aromatic carbocycles. The number of nitrogens with zero attached hydrogens (tertiary/aromatic N) is 1. The molecule has 0 radical (unpaired) electrons. The van der Waals surface area contributed by atoms with E-state index in [0.29, 0.717) is 0 Å². The number of likely N-dealkylation sites (tertiary alicyclic amines) is 1. The Morgan fingerprint density at radius 1 is 1.09 bits per heavy atom. The van der Waals surface area contributed by atoms with Crippen molar-refractivity contribution in [3.8, 4) is 0 Å². The minimum absolute atomic E-state index is 0.0367. The molecule has 4 nitrogen and oxygen atoms in total. The molecular formula is C19H31N3O. The molecule has 0 bridgehead atoms. The van der Waals surface area contributed by atoms with Crippen LogP contribution in [0.1, 0.15) is 38.2 Å². The Bertz CT molecular complexity index is 441. The highest BCUT2D eigenvalue weighted by molar-refractivity contribution is 5.73. The molecule has 23 heavy (non-hydrogen) atoms. The number of rotatable bonds is 8. The average molecular weight is 317 g/mol. The highest BCUT2D eigenvalue weighted by Gasteiger charge is 2.14. The molecule has 0 saturated carbocycles. The van der Waals surface area contributed by atoms with Gasteiger partial charge in [0.1, 0.15) is 0 Å². The Labute approximate surface area is 140 Å². The Balaban J connectivity index is 1.44. The van der Waals surface area contributed by atoms with Crippen molar-refractivity contribution < 1.29 is 4.79 Å². The van der Waals surface area contributed by atoms with Gasteiger partial charge in [-0.25, -0.2) is 4.79 Å². The summed E-state index contributed by atoms with van der Waals surface area (Å²) in [7, 11) is 0. The van der Waals surface area contributed by atoms with Crippen LogP contribution in [0.2, 0.25) is 0 Å². The van der Waals surface area contributed by atoms with Gasteiger partial charge in [0.25, 0.3) is 0 Å². The average Bonchev–Trinajstić information content (AvgIpc) is 2.58. The van der Waals surface area contributed by atoms with Crippen molar-refractivity contribution in [1.29, 1.82) is 0 Å². The SMILES string of the molecule is CC1CCN(CCCNC(=O)NCCCc2ccccc2)CC1. The molecule has 2 amide bonds. The summed E-state index contributed by atoms with van der Waals surface area (Å²) in [5.41, 5.74) is 1.32. The molecule has 0 spiro atoms. The summed E-state index contributed by atoms with van der Waals surface area (Å²) in [6.07, 6.45) is 5.65. The lowest BCUT2D eigenvalue weighted by Crippen LogP contribution is -2.39. The second-order valence-electron chi connectivity index (χ2n) is 6.65. The van der Waals surface area contributed by atoms with Gasteiger partial charge in [0.2, 0.25) is 0 Å². The first-order valence-electron chi connectivity index (χ1n) is 9.02. The quantitative estimate of drug-likeness (QED) is 0.724. The van der Waals surface area contributed by atoms with Gasteiger partial charge in [-0.15, -0.1) is 0 Å². The van der Waals surface area contributed by atoms with Crippen molar-refractivity contribution in [2.75, 3.05) is 32.7 Å². The van der Waals surface area contributed by atoms with E-state index in [9.17, 15) is 4.79 Å². The van der Waals surface area contributed by atoms with Crippen molar-refractivity contribution in [3.05, 3.63) is 35.9 Å². The van der Waals surface area contributed by atoms with Crippen molar-refractivity contribution in [2.45, 2.75) is 39.0 Å². The van der Waals surface area contributed by atoms with Crippen LogP contribution in [0.5, 0.6) is 0 Å². The van der Waals surface area contributed by atoms with Crippen LogP contribution in [0.25, 0.3) is 0 Å². The van der Waals surface area contributed by atoms with Crippen LogP contribution in [0.4, 0.5) is 4.79 Å². The van der Waals surface area contributed by atoms with E-state index >= 15 is 0 Å². The molecule has 1 saturated heterocycles. The van der Waals surface area contributed by atoms with Crippen molar-refractivity contribution >= 4 is 6.03 Å². The molecule has 1 aliphatic heterocycles. The summed E-state index contributed by atoms with van der Waals surface area (Å²) < 4.78 is 0. The number of urea groups is 1. The fourth-order valence-electron chi connectivity index (χ4n) is 2.99. The summed E-state index contributed by atoms with van der Waals surface area (Å²) in [5, 5.41) is 5.89. The van der Waals surface area contributed by atoms with E-state index in [1.807, 2.05) is 6.07 Å². The highest BCUT2D eigenvalue weighted by Crippen LogP contribution is 2.15. The lowest BCUT2D eigenvalue weighted by atomic mass is 9.99. The molecule has 1 aromatic rings. The third-order valence-corrected chi connectivity index (χ3v) is 4.58. The van der Waals surface area contributed by atoms with Crippen LogP contribution < -0.4 is 10.6 Å². The number of aryl methyl sites for hydroxylation is 1. The number of carbonyl (C=O) groups is 1. The monoisotopic (exact) mass is 317 g/mol. The second kappa shape index (κ2) is 10.3. The Morgan fingerprint density at radius 3 is 2.43 bits per heavy atom. The third-order valence-electron chi connectivity index (χ3n) is 4.58. The molecule has 2 N–H and O–H groups in total. The maximum Gasteiger partial charge on any atom is 0.314 e. The zero-order chi connectivity index (χ0) is 16.3. The number of hydrogen-bond acceptors (Lipinski definition) is 2. The molecule has 1 fully saturated rings. The fraction of sp³-hybridized carbons (Fsp3) is 0.632. The summed E-state index contributed by atoms with van der Waals surface area (Å²) in [6, 6.07) is 10.4. The zero-order valence-electron chi connectivity index (χ0n) is 14.4. The standard InChI is InChI=1S/C19H31N3O/c1-17-10-15-22(16-11-17)14-6-13-21-19(23)20-12-5-9-18-7-3-2-4-8-18/h2-4,7-8,17H,5-6,9-16H2,1H3,(H2,20,21,23). The highest BCUT2D eigenvalue weighted by atomic mass is 16.2. The van der Waals surface area contributed by atoms with Gasteiger partial charge in [-0.2, -0.15) is 0 Å². The van der Waals surface area contributed by atoms with Crippen LogP contribution in [0.3, 0.4) is 0 Å². The number of carbonyl (C=O) groups excluding carboxylic acids is 1. The first-order chi connectivity index (χ1) is 11.2. The van der Waals surface area contributed by atoms with Crippen molar-refractivity contribution in [3.63, 3.8) is 0 Å². The van der Waals surface area contributed by atoms with E-state index in [-0.39, 0.29) is 6.03 Å². The molecule has 128 valence electrons. The van der Waals surface area contributed by atoms with E-state index in [1.54, 1.807) is 0 Å². The van der Waals surface area contributed by atoms with Crippen LogP contribution in [0.15, 0.2) is 30.3 Å². The van der Waals surface area contributed by atoms with Gasteiger partial charge < -0.3 is 15.5 Å². The lowest BCUT2D eigenvalue weighted by molar-refractivity contribution is 0.190. The molecule has 0 unspecified atom stereocenters. The van der Waals surface area contributed by atoms with E-state index < -0.39 is 0 Å². The summed E-state index contributed by atoms with van der Waals surface area (Å²) in [4.78, 5) is 14.2. The summed E-state index contributed by atoms with van der Waals surface area (Å²) in [5.74, 6) is 0.881. The van der Waals surface area contributed by atoms with Gasteiger partial charge in [-0.05, 0) is 63.2 Å². The molecule has 2 rings (SSSR count). The molecule has 1 aliphatic rings. The van der Waals surface area contributed by atoms with Gasteiger partial charge in [0.05, 0.1) is 0 Å². The number of amides is 2. The first kappa shape index (κ1) is 17.8. The van der Waals surface area contributed by atoms with E-state index in [4.69, 9.17) is 0 Å². The number of benzene rings is 1. The molecule has 4 heteroatoms. The molecule has 0 atom stereocenters. The second-order valence-corrected chi connectivity index (χ2v) is 6.65. The van der Waals surface area contributed by atoms with Crippen LogP contribution in [-0.2, 0) is 6.42 Å². The van der Waals surface area contributed by atoms with E-state index in [0.717, 1.165) is 44.8 Å². The maximum atomic E-state index is 11.7. The topological polar surface area (TPSA) is 44.4 Å². The summed E-state index contributed by atoms with van der Waals surface area (Å²) >= 11 is 0. The Kier molecular flexibility index (Phi) is 7.95. The predicted octanol–water partition coefficient (Wildman–Crippen LogP) is 3.04. The Hall–Kier alpha value is -1.55. The minimum atomic E-state index is -0.0367. The van der Waals surface area contributed by atoms with Crippen LogP contribution in [0, 0.1) is 5.92 Å². The number of piperidine rings is 1. The maximum absolute atomic E-state index is 11.7. The fourth-order valence-corrected chi connectivity index (χ4v) is 2.99. The predicted molar refractivity (Wildman–Crippen MR) is 95.6 cm³/mol. The van der Waals surface area contributed by atoms with Gasteiger partial charge in [0.15, 0.2) is 0 Å². The van der Waals surface area contributed by atoms with Gasteiger partial charge >= 0.3 is 6.03 Å². The molecule has 1 heterocycles. The van der Waals surface area contributed by atoms with Crippen LogP contribution in [-0.4, -0.2) is 43.7 Å². The van der Waals surface area contributed by atoms with Gasteiger partial charge in [-0.1, -0.05) is 37.3 Å². The molecule has 0 aromatic heterocycles. The third kappa shape index (κ3) is 7.51. The summed E-state index contributed by atoms with van der Waals surface area (Å²) in [6.45, 7) is 7.35.